The summed E-state index contributed by atoms with van der Waals surface area (Å²) in [5.74, 6) is 1.04. The first-order valence-electron chi connectivity index (χ1n) is 5.56. The number of hydrogen-bond donors (Lipinski definition) is 0. The van der Waals surface area contributed by atoms with Crippen LogP contribution in [0.2, 0.25) is 0 Å². The van der Waals surface area contributed by atoms with Crippen LogP contribution >= 0.6 is 0 Å². The standard InChI is InChI=1S/C12H18N2O/c1-12(2,3)11-13-7-9-5-4-6-10(8-15)14(9)11/h7-8,10H,4-6H2,1-3H3. The first-order chi connectivity index (χ1) is 7.04. The Bertz CT molecular complexity index is 373. The number of carbonyl (C=O) groups excluding carboxylic acids is 1. The van der Waals surface area contributed by atoms with E-state index in [9.17, 15) is 4.79 Å². The van der Waals surface area contributed by atoms with Crippen molar-refractivity contribution in [3.8, 4) is 0 Å². The summed E-state index contributed by atoms with van der Waals surface area (Å²) in [6.07, 6.45) is 6.08. The molecule has 15 heavy (non-hydrogen) atoms. The Kier molecular flexibility index (Phi) is 2.41. The second kappa shape index (κ2) is 3.47. The number of aromatic nitrogens is 2. The monoisotopic (exact) mass is 206 g/mol. The SMILES string of the molecule is CC(C)(C)c1ncc2n1C(C=O)CCC2. The minimum absolute atomic E-state index is 0.00507. The van der Waals surface area contributed by atoms with Crippen LogP contribution in [0.15, 0.2) is 6.20 Å². The Morgan fingerprint density at radius 1 is 1.53 bits per heavy atom. The summed E-state index contributed by atoms with van der Waals surface area (Å²) in [5.41, 5.74) is 1.22. The van der Waals surface area contributed by atoms with Crippen molar-refractivity contribution >= 4 is 6.29 Å². The van der Waals surface area contributed by atoms with E-state index in [2.05, 4.69) is 30.3 Å². The van der Waals surface area contributed by atoms with Gasteiger partial charge in [-0.2, -0.15) is 0 Å². The van der Waals surface area contributed by atoms with Gasteiger partial charge in [0.05, 0.1) is 6.04 Å². The van der Waals surface area contributed by atoms with Crippen LogP contribution in [0.4, 0.5) is 0 Å². The van der Waals surface area contributed by atoms with Crippen molar-refractivity contribution in [1.82, 2.24) is 9.55 Å². The maximum Gasteiger partial charge on any atom is 0.142 e. The van der Waals surface area contributed by atoms with Gasteiger partial charge >= 0.3 is 0 Å². The largest absolute Gasteiger partial charge is 0.321 e. The van der Waals surface area contributed by atoms with Gasteiger partial charge in [0.25, 0.3) is 0 Å². The highest BCUT2D eigenvalue weighted by molar-refractivity contribution is 5.57. The van der Waals surface area contributed by atoms with Gasteiger partial charge in [0.2, 0.25) is 0 Å². The zero-order valence-electron chi connectivity index (χ0n) is 9.66. The minimum atomic E-state index is 0.00507. The summed E-state index contributed by atoms with van der Waals surface area (Å²) >= 11 is 0. The van der Waals surface area contributed by atoms with Crippen molar-refractivity contribution in [2.75, 3.05) is 0 Å². The van der Waals surface area contributed by atoms with Crippen molar-refractivity contribution in [2.24, 2.45) is 0 Å². The maximum absolute atomic E-state index is 11.1. The van der Waals surface area contributed by atoms with Crippen LogP contribution in [0.25, 0.3) is 0 Å². The van der Waals surface area contributed by atoms with Crippen LogP contribution in [0.5, 0.6) is 0 Å². The van der Waals surface area contributed by atoms with Crippen molar-refractivity contribution in [1.29, 1.82) is 0 Å². The third-order valence-electron chi connectivity index (χ3n) is 2.97. The van der Waals surface area contributed by atoms with Gasteiger partial charge in [-0.05, 0) is 19.3 Å². The Morgan fingerprint density at radius 3 is 2.87 bits per heavy atom. The second-order valence-electron chi connectivity index (χ2n) is 5.29. The molecule has 1 unspecified atom stereocenters. The van der Waals surface area contributed by atoms with Crippen LogP contribution in [0.1, 0.15) is 51.2 Å². The molecule has 2 heterocycles. The Labute approximate surface area is 90.5 Å². The van der Waals surface area contributed by atoms with Gasteiger partial charge in [0.1, 0.15) is 12.1 Å². The fourth-order valence-electron chi connectivity index (χ4n) is 2.26. The number of fused-ring (bicyclic) bond motifs is 1. The number of aryl methyl sites for hydroxylation is 1. The maximum atomic E-state index is 11.1. The van der Waals surface area contributed by atoms with E-state index in [0.29, 0.717) is 0 Å². The van der Waals surface area contributed by atoms with E-state index in [0.717, 1.165) is 31.4 Å². The smallest absolute Gasteiger partial charge is 0.142 e. The zero-order chi connectivity index (χ0) is 11.1. The fraction of sp³-hybridized carbons (Fsp3) is 0.667. The molecule has 0 fully saturated rings. The average Bonchev–Trinajstić information content (AvgIpc) is 2.59. The molecule has 3 heteroatoms. The highest BCUT2D eigenvalue weighted by Gasteiger charge is 2.28. The van der Waals surface area contributed by atoms with E-state index in [1.54, 1.807) is 0 Å². The molecule has 0 radical (unpaired) electrons. The van der Waals surface area contributed by atoms with E-state index < -0.39 is 0 Å². The number of imidazole rings is 1. The lowest BCUT2D eigenvalue weighted by Gasteiger charge is -2.27. The molecule has 0 saturated carbocycles. The summed E-state index contributed by atoms with van der Waals surface area (Å²) in [6, 6.07) is 0.00507. The molecular formula is C12H18N2O. The average molecular weight is 206 g/mol. The molecule has 1 atom stereocenters. The van der Waals surface area contributed by atoms with Crippen molar-refractivity contribution in [3.63, 3.8) is 0 Å². The number of nitrogens with zero attached hydrogens (tertiary/aromatic N) is 2. The van der Waals surface area contributed by atoms with Gasteiger partial charge in [-0.1, -0.05) is 20.8 Å². The molecule has 3 nitrogen and oxygen atoms in total. The van der Waals surface area contributed by atoms with E-state index in [1.807, 2.05) is 6.20 Å². The predicted molar refractivity (Wildman–Crippen MR) is 59.0 cm³/mol. The van der Waals surface area contributed by atoms with Crippen LogP contribution in [0, 0.1) is 0 Å². The zero-order valence-corrected chi connectivity index (χ0v) is 9.66. The summed E-state index contributed by atoms with van der Waals surface area (Å²) < 4.78 is 2.14. The van der Waals surface area contributed by atoms with E-state index >= 15 is 0 Å². The van der Waals surface area contributed by atoms with Crippen molar-refractivity contribution in [3.05, 3.63) is 17.7 Å². The van der Waals surface area contributed by atoms with E-state index in [-0.39, 0.29) is 11.5 Å². The molecule has 0 saturated heterocycles. The number of aldehydes is 1. The van der Waals surface area contributed by atoms with Crippen molar-refractivity contribution in [2.45, 2.75) is 51.5 Å². The summed E-state index contributed by atoms with van der Waals surface area (Å²) in [7, 11) is 0. The summed E-state index contributed by atoms with van der Waals surface area (Å²) in [4.78, 5) is 15.5. The number of rotatable bonds is 1. The number of hydrogen-bond acceptors (Lipinski definition) is 2. The molecule has 1 aliphatic heterocycles. The Hall–Kier alpha value is -1.12. The molecule has 0 aliphatic carbocycles. The highest BCUT2D eigenvalue weighted by Crippen LogP contribution is 2.30. The minimum Gasteiger partial charge on any atom is -0.321 e. The van der Waals surface area contributed by atoms with Gasteiger partial charge in [0.15, 0.2) is 0 Å². The third kappa shape index (κ3) is 1.71. The van der Waals surface area contributed by atoms with Crippen LogP contribution < -0.4 is 0 Å². The van der Waals surface area contributed by atoms with Crippen molar-refractivity contribution < 1.29 is 4.79 Å². The van der Waals surface area contributed by atoms with Crippen LogP contribution in [0.3, 0.4) is 0 Å². The topological polar surface area (TPSA) is 34.9 Å². The Balaban J connectivity index is 2.51. The molecule has 1 aromatic rings. The van der Waals surface area contributed by atoms with Gasteiger partial charge in [-0.25, -0.2) is 4.98 Å². The lowest BCUT2D eigenvalue weighted by atomic mass is 9.94. The second-order valence-corrected chi connectivity index (χ2v) is 5.29. The highest BCUT2D eigenvalue weighted by atomic mass is 16.1. The first kappa shape index (κ1) is 10.4. The molecule has 0 aromatic carbocycles. The third-order valence-corrected chi connectivity index (χ3v) is 2.97. The number of carbonyl (C=O) groups is 1. The van der Waals surface area contributed by atoms with E-state index in [1.165, 1.54) is 5.69 Å². The van der Waals surface area contributed by atoms with E-state index in [4.69, 9.17) is 0 Å². The van der Waals surface area contributed by atoms with Gasteiger partial charge in [0, 0.05) is 17.3 Å². The molecule has 0 amide bonds. The summed E-state index contributed by atoms with van der Waals surface area (Å²) in [5, 5.41) is 0. The molecular weight excluding hydrogens is 188 g/mol. The predicted octanol–water partition coefficient (Wildman–Crippen LogP) is 2.26. The molecule has 82 valence electrons. The lowest BCUT2D eigenvalue weighted by molar-refractivity contribution is -0.111. The fourth-order valence-corrected chi connectivity index (χ4v) is 2.26. The molecule has 1 aliphatic rings. The molecule has 1 aromatic heterocycles. The lowest BCUT2D eigenvalue weighted by Crippen LogP contribution is -2.26. The quantitative estimate of drug-likeness (QED) is 0.661. The van der Waals surface area contributed by atoms with Crippen LogP contribution in [-0.2, 0) is 16.6 Å². The molecule has 0 bridgehead atoms. The van der Waals surface area contributed by atoms with Gasteiger partial charge < -0.3 is 9.36 Å². The van der Waals surface area contributed by atoms with Gasteiger partial charge in [-0.15, -0.1) is 0 Å². The van der Waals surface area contributed by atoms with Crippen LogP contribution in [-0.4, -0.2) is 15.8 Å². The molecule has 0 spiro atoms. The van der Waals surface area contributed by atoms with Gasteiger partial charge in [-0.3, -0.25) is 0 Å². The molecule has 0 N–H and O–H groups in total. The Morgan fingerprint density at radius 2 is 2.27 bits per heavy atom. The summed E-state index contributed by atoms with van der Waals surface area (Å²) in [6.45, 7) is 6.41. The molecule has 2 rings (SSSR count). The normalized spacial score (nSPS) is 21.1. The first-order valence-corrected chi connectivity index (χ1v) is 5.56.